The first-order chi connectivity index (χ1) is 8.20. The molecule has 0 saturated heterocycles. The monoisotopic (exact) mass is 292 g/mol. The van der Waals surface area contributed by atoms with Crippen LogP contribution in [0.5, 0.6) is 0 Å². The Morgan fingerprint density at radius 1 is 1.56 bits per heavy atom. The van der Waals surface area contributed by atoms with Gasteiger partial charge in [-0.1, -0.05) is 0 Å². The van der Waals surface area contributed by atoms with Crippen molar-refractivity contribution in [1.29, 1.82) is 0 Å². The number of carboxylic acid groups (broad SMARTS) is 1. The van der Waals surface area contributed by atoms with E-state index in [1.807, 2.05) is 0 Å². The molecule has 0 aliphatic rings. The second-order valence-electron chi connectivity index (χ2n) is 3.68. The van der Waals surface area contributed by atoms with Crippen LogP contribution in [0, 0.1) is 0 Å². The van der Waals surface area contributed by atoms with Gasteiger partial charge in [0.2, 0.25) is 5.91 Å². The number of hydrogen-bond acceptors (Lipinski definition) is 6. The van der Waals surface area contributed by atoms with Gasteiger partial charge in [0.05, 0.1) is 12.1 Å². The van der Waals surface area contributed by atoms with E-state index in [0.717, 1.165) is 17.6 Å². The Labute approximate surface area is 108 Å². The van der Waals surface area contributed by atoms with Gasteiger partial charge in [0.25, 0.3) is 0 Å². The smallest absolute Gasteiger partial charge is 0.309 e. The van der Waals surface area contributed by atoms with Gasteiger partial charge >= 0.3 is 5.97 Å². The van der Waals surface area contributed by atoms with Crippen LogP contribution in [0.15, 0.2) is 5.38 Å². The van der Waals surface area contributed by atoms with Gasteiger partial charge in [-0.25, -0.2) is 13.4 Å². The number of rotatable bonds is 5. The van der Waals surface area contributed by atoms with Gasteiger partial charge < -0.3 is 10.4 Å². The number of carboxylic acids is 1. The minimum absolute atomic E-state index is 0.187. The summed E-state index contributed by atoms with van der Waals surface area (Å²) in [5.74, 6) is -1.71. The van der Waals surface area contributed by atoms with E-state index in [0.29, 0.717) is 5.69 Å². The summed E-state index contributed by atoms with van der Waals surface area (Å²) in [6, 6.07) is 0. The van der Waals surface area contributed by atoms with E-state index >= 15 is 0 Å². The molecule has 100 valence electrons. The fourth-order valence-corrected chi connectivity index (χ4v) is 2.16. The van der Waals surface area contributed by atoms with Crippen molar-refractivity contribution in [3.63, 3.8) is 0 Å². The molecule has 0 aliphatic heterocycles. The quantitative estimate of drug-likeness (QED) is 0.798. The van der Waals surface area contributed by atoms with Crippen molar-refractivity contribution in [1.82, 2.24) is 4.98 Å². The summed E-state index contributed by atoms with van der Waals surface area (Å²) < 4.78 is 22.3. The molecule has 1 unspecified atom stereocenters. The molecule has 0 aromatic carbocycles. The van der Waals surface area contributed by atoms with Gasteiger partial charge in [-0.3, -0.25) is 9.59 Å². The Morgan fingerprint density at radius 3 is 2.67 bits per heavy atom. The van der Waals surface area contributed by atoms with Crippen molar-refractivity contribution in [2.24, 2.45) is 0 Å². The largest absolute Gasteiger partial charge is 0.481 e. The molecule has 9 heteroatoms. The standard InChI is InChI=1S/C9H12N2O5S2/c1-5(18(2,15)16)8(14)11-9-10-6(4-17-9)3-7(12)13/h4-5H,3H2,1-2H3,(H,12,13)(H,10,11,14). The summed E-state index contributed by atoms with van der Waals surface area (Å²) in [5.41, 5.74) is 0.315. The molecule has 1 rings (SSSR count). The number of aliphatic carboxylic acids is 1. The van der Waals surface area contributed by atoms with Crippen LogP contribution in [-0.2, 0) is 25.8 Å². The van der Waals surface area contributed by atoms with Crippen LogP contribution in [-0.4, -0.2) is 41.9 Å². The van der Waals surface area contributed by atoms with Crippen molar-refractivity contribution in [3.8, 4) is 0 Å². The van der Waals surface area contributed by atoms with Crippen molar-refractivity contribution in [2.45, 2.75) is 18.6 Å². The molecule has 1 heterocycles. The topological polar surface area (TPSA) is 113 Å². The van der Waals surface area contributed by atoms with E-state index in [2.05, 4.69) is 10.3 Å². The number of hydrogen-bond donors (Lipinski definition) is 2. The SMILES string of the molecule is CC(C(=O)Nc1nc(CC(=O)O)cs1)S(C)(=O)=O. The van der Waals surface area contributed by atoms with Crippen LogP contribution in [0.1, 0.15) is 12.6 Å². The van der Waals surface area contributed by atoms with Crippen LogP contribution in [0.3, 0.4) is 0 Å². The number of anilines is 1. The van der Waals surface area contributed by atoms with Crippen LogP contribution in [0.25, 0.3) is 0 Å². The zero-order chi connectivity index (χ0) is 13.9. The number of thiazole rings is 1. The highest BCUT2D eigenvalue weighted by Crippen LogP contribution is 2.16. The van der Waals surface area contributed by atoms with Crippen LogP contribution >= 0.6 is 11.3 Å². The molecule has 0 saturated carbocycles. The fourth-order valence-electron chi connectivity index (χ4n) is 1.00. The fraction of sp³-hybridized carbons (Fsp3) is 0.444. The molecule has 0 aliphatic carbocycles. The number of amides is 1. The second-order valence-corrected chi connectivity index (χ2v) is 6.90. The predicted molar refractivity (Wildman–Crippen MR) is 66.4 cm³/mol. The van der Waals surface area contributed by atoms with Crippen LogP contribution in [0.2, 0.25) is 0 Å². The van der Waals surface area contributed by atoms with Crippen molar-refractivity contribution < 1.29 is 23.1 Å². The van der Waals surface area contributed by atoms with Gasteiger partial charge in [0, 0.05) is 11.6 Å². The van der Waals surface area contributed by atoms with E-state index < -0.39 is 27.0 Å². The van der Waals surface area contributed by atoms with Crippen molar-refractivity contribution in [3.05, 3.63) is 11.1 Å². The average molecular weight is 292 g/mol. The summed E-state index contributed by atoms with van der Waals surface area (Å²) in [4.78, 5) is 25.9. The zero-order valence-corrected chi connectivity index (χ0v) is 11.3. The maximum atomic E-state index is 11.6. The minimum Gasteiger partial charge on any atom is -0.481 e. The van der Waals surface area contributed by atoms with E-state index in [-0.39, 0.29) is 11.6 Å². The molecule has 0 radical (unpaired) electrons. The Hall–Kier alpha value is -1.48. The van der Waals surface area contributed by atoms with Gasteiger partial charge in [0.15, 0.2) is 15.0 Å². The normalized spacial score (nSPS) is 13.0. The third kappa shape index (κ3) is 4.08. The summed E-state index contributed by atoms with van der Waals surface area (Å²) in [5, 5.41) is 11.4. The maximum Gasteiger partial charge on any atom is 0.309 e. The molecular weight excluding hydrogens is 280 g/mol. The number of nitrogens with one attached hydrogen (secondary N) is 1. The molecule has 7 nitrogen and oxygen atoms in total. The Balaban J connectivity index is 2.71. The minimum atomic E-state index is -3.46. The Bertz CT molecular complexity index is 563. The lowest BCUT2D eigenvalue weighted by Crippen LogP contribution is -2.31. The maximum absolute atomic E-state index is 11.6. The first-order valence-corrected chi connectivity index (χ1v) is 7.69. The molecule has 0 bridgehead atoms. The first-order valence-electron chi connectivity index (χ1n) is 4.86. The number of nitrogens with zero attached hydrogens (tertiary/aromatic N) is 1. The zero-order valence-electron chi connectivity index (χ0n) is 9.71. The third-order valence-electron chi connectivity index (χ3n) is 2.13. The summed E-state index contributed by atoms with van der Waals surface area (Å²) in [6.45, 7) is 1.27. The molecular formula is C9H12N2O5S2. The molecule has 1 atom stereocenters. The number of aromatic nitrogens is 1. The molecule has 0 fully saturated rings. The first kappa shape index (κ1) is 14.6. The van der Waals surface area contributed by atoms with E-state index in [1.165, 1.54) is 12.3 Å². The lowest BCUT2D eigenvalue weighted by atomic mass is 10.3. The summed E-state index contributed by atoms with van der Waals surface area (Å²) in [6.07, 6.45) is 0.725. The van der Waals surface area contributed by atoms with Crippen LogP contribution < -0.4 is 5.32 Å². The third-order valence-corrected chi connectivity index (χ3v) is 4.43. The molecule has 18 heavy (non-hydrogen) atoms. The highest BCUT2D eigenvalue weighted by Gasteiger charge is 2.24. The second kappa shape index (κ2) is 5.44. The predicted octanol–water partition coefficient (Wildman–Crippen LogP) is 0.142. The molecule has 1 aromatic heterocycles. The van der Waals surface area contributed by atoms with Crippen molar-refractivity contribution in [2.75, 3.05) is 11.6 Å². The average Bonchev–Trinajstić information content (AvgIpc) is 2.61. The number of carbonyl (C=O) groups excluding carboxylic acids is 1. The highest BCUT2D eigenvalue weighted by molar-refractivity contribution is 7.92. The Morgan fingerprint density at radius 2 is 2.17 bits per heavy atom. The highest BCUT2D eigenvalue weighted by atomic mass is 32.2. The van der Waals surface area contributed by atoms with Gasteiger partial charge in [0.1, 0.15) is 5.25 Å². The molecule has 1 amide bonds. The molecule has 0 spiro atoms. The number of carbonyl (C=O) groups is 2. The van der Waals surface area contributed by atoms with Crippen molar-refractivity contribution >= 4 is 38.2 Å². The molecule has 1 aromatic rings. The van der Waals surface area contributed by atoms with Gasteiger partial charge in [-0.2, -0.15) is 0 Å². The van der Waals surface area contributed by atoms with Crippen LogP contribution in [0.4, 0.5) is 5.13 Å². The Kier molecular flexibility index (Phi) is 4.41. The molecule has 2 N–H and O–H groups in total. The van der Waals surface area contributed by atoms with Gasteiger partial charge in [-0.15, -0.1) is 11.3 Å². The van der Waals surface area contributed by atoms with E-state index in [9.17, 15) is 18.0 Å². The number of sulfone groups is 1. The van der Waals surface area contributed by atoms with E-state index in [4.69, 9.17) is 5.11 Å². The lowest BCUT2D eigenvalue weighted by Gasteiger charge is -2.07. The summed E-state index contributed by atoms with van der Waals surface area (Å²) >= 11 is 1.05. The lowest BCUT2D eigenvalue weighted by molar-refractivity contribution is -0.136. The van der Waals surface area contributed by atoms with Gasteiger partial charge in [-0.05, 0) is 6.92 Å². The summed E-state index contributed by atoms with van der Waals surface area (Å²) in [7, 11) is -3.46. The van der Waals surface area contributed by atoms with E-state index in [1.54, 1.807) is 0 Å².